The highest BCUT2D eigenvalue weighted by molar-refractivity contribution is 7.89. The van der Waals surface area contributed by atoms with Gasteiger partial charge in [-0.05, 0) is 38.4 Å². The predicted molar refractivity (Wildman–Crippen MR) is 75.2 cm³/mol. The summed E-state index contributed by atoms with van der Waals surface area (Å²) < 4.78 is 26.7. The lowest BCUT2D eigenvalue weighted by atomic mass is 10.1. The van der Waals surface area contributed by atoms with E-state index in [1.807, 2.05) is 6.07 Å². The van der Waals surface area contributed by atoms with Crippen molar-refractivity contribution in [3.8, 4) is 0 Å². The molecule has 0 radical (unpaired) electrons. The molecule has 19 heavy (non-hydrogen) atoms. The summed E-state index contributed by atoms with van der Waals surface area (Å²) in [4.78, 5) is 4.15. The Balaban J connectivity index is 2.17. The van der Waals surface area contributed by atoms with E-state index in [2.05, 4.69) is 10.3 Å². The highest BCUT2D eigenvalue weighted by atomic mass is 32.2. The number of likely N-dealkylation sites (N-methyl/N-ethyl adjacent to an activating group) is 1. The predicted octanol–water partition coefficient (Wildman–Crippen LogP) is 1.16. The summed E-state index contributed by atoms with van der Waals surface area (Å²) in [6.45, 7) is 3.40. The fourth-order valence-corrected chi connectivity index (χ4v) is 3.91. The average molecular weight is 283 g/mol. The van der Waals surface area contributed by atoms with E-state index in [1.54, 1.807) is 32.3 Å². The second kappa shape index (κ2) is 5.98. The first kappa shape index (κ1) is 14.4. The zero-order valence-corrected chi connectivity index (χ0v) is 12.2. The normalized spacial score (nSPS) is 22.4. The summed E-state index contributed by atoms with van der Waals surface area (Å²) in [6, 6.07) is 5.41. The van der Waals surface area contributed by atoms with Crippen LogP contribution in [0.3, 0.4) is 0 Å². The Bertz CT molecular complexity index is 498. The Morgan fingerprint density at radius 3 is 2.84 bits per heavy atom. The first-order valence-corrected chi connectivity index (χ1v) is 8.12. The van der Waals surface area contributed by atoms with Crippen molar-refractivity contribution >= 4 is 10.0 Å². The molecule has 0 bridgehead atoms. The molecule has 1 aromatic heterocycles. The van der Waals surface area contributed by atoms with E-state index in [0.717, 1.165) is 25.9 Å². The van der Waals surface area contributed by atoms with Crippen LogP contribution in [-0.4, -0.2) is 43.9 Å². The number of hydrogen-bond acceptors (Lipinski definition) is 4. The van der Waals surface area contributed by atoms with E-state index in [-0.39, 0.29) is 6.04 Å². The number of aromatic nitrogens is 1. The summed E-state index contributed by atoms with van der Waals surface area (Å²) in [5.41, 5.74) is 0.595. The number of nitrogens with one attached hydrogen (secondary N) is 1. The third kappa shape index (κ3) is 3.13. The van der Waals surface area contributed by atoms with Crippen molar-refractivity contribution in [3.05, 3.63) is 30.1 Å². The SMILES string of the molecule is C[C@H](c1ccccn1)S(=O)(=O)N(C)[C@H]1CCCNC1. The first-order chi connectivity index (χ1) is 9.03. The largest absolute Gasteiger partial charge is 0.315 e. The van der Waals surface area contributed by atoms with Gasteiger partial charge in [0.15, 0.2) is 0 Å². The molecule has 106 valence electrons. The Hall–Kier alpha value is -0.980. The third-order valence-corrected chi connectivity index (χ3v) is 5.97. The van der Waals surface area contributed by atoms with Gasteiger partial charge in [-0.1, -0.05) is 6.07 Å². The first-order valence-electron chi connectivity index (χ1n) is 6.62. The van der Waals surface area contributed by atoms with Gasteiger partial charge in [-0.15, -0.1) is 0 Å². The smallest absolute Gasteiger partial charge is 0.222 e. The van der Waals surface area contributed by atoms with Crippen molar-refractivity contribution in [2.75, 3.05) is 20.1 Å². The molecule has 1 aliphatic rings. The molecule has 0 aromatic carbocycles. The van der Waals surface area contributed by atoms with Gasteiger partial charge in [-0.3, -0.25) is 4.98 Å². The molecule has 0 spiro atoms. The molecule has 2 rings (SSSR count). The monoisotopic (exact) mass is 283 g/mol. The summed E-state index contributed by atoms with van der Waals surface area (Å²) in [5, 5.41) is 2.63. The van der Waals surface area contributed by atoms with Gasteiger partial charge in [-0.25, -0.2) is 12.7 Å². The van der Waals surface area contributed by atoms with Crippen LogP contribution in [-0.2, 0) is 10.0 Å². The van der Waals surface area contributed by atoms with Gasteiger partial charge in [0.25, 0.3) is 0 Å². The Kier molecular flexibility index (Phi) is 4.54. The molecule has 0 aliphatic carbocycles. The lowest BCUT2D eigenvalue weighted by Gasteiger charge is -2.32. The Morgan fingerprint density at radius 1 is 1.47 bits per heavy atom. The Morgan fingerprint density at radius 2 is 2.26 bits per heavy atom. The van der Waals surface area contributed by atoms with Crippen LogP contribution >= 0.6 is 0 Å². The second-order valence-electron chi connectivity index (χ2n) is 4.96. The fourth-order valence-electron chi connectivity index (χ4n) is 2.37. The van der Waals surface area contributed by atoms with E-state index in [0.29, 0.717) is 5.69 Å². The van der Waals surface area contributed by atoms with Crippen molar-refractivity contribution in [1.82, 2.24) is 14.6 Å². The molecule has 5 nitrogen and oxygen atoms in total. The van der Waals surface area contributed by atoms with Gasteiger partial charge in [-0.2, -0.15) is 0 Å². The molecule has 1 saturated heterocycles. The number of rotatable bonds is 4. The lowest BCUT2D eigenvalue weighted by molar-refractivity contribution is 0.297. The van der Waals surface area contributed by atoms with Gasteiger partial charge in [0, 0.05) is 25.8 Å². The molecule has 2 heterocycles. The zero-order chi connectivity index (χ0) is 13.9. The standard InChI is InChI=1S/C13H21N3O2S/c1-11(13-7-3-4-9-15-13)19(17,18)16(2)12-6-5-8-14-10-12/h3-4,7,9,11-12,14H,5-6,8,10H2,1-2H3/t11-,12+/m1/s1. The number of nitrogens with zero attached hydrogens (tertiary/aromatic N) is 2. The van der Waals surface area contributed by atoms with Crippen molar-refractivity contribution in [2.45, 2.75) is 31.1 Å². The molecule has 1 N–H and O–H groups in total. The van der Waals surface area contributed by atoms with E-state index >= 15 is 0 Å². The molecule has 0 saturated carbocycles. The molecule has 6 heteroatoms. The highest BCUT2D eigenvalue weighted by Crippen LogP contribution is 2.25. The minimum atomic E-state index is -3.36. The lowest BCUT2D eigenvalue weighted by Crippen LogP contribution is -2.47. The molecular formula is C13H21N3O2S. The van der Waals surface area contributed by atoms with Gasteiger partial charge < -0.3 is 5.32 Å². The maximum atomic E-state index is 12.6. The van der Waals surface area contributed by atoms with Crippen molar-refractivity contribution in [3.63, 3.8) is 0 Å². The van der Waals surface area contributed by atoms with Crippen LogP contribution in [0, 0.1) is 0 Å². The Labute approximate surface area is 115 Å². The van der Waals surface area contributed by atoms with Crippen molar-refractivity contribution in [2.24, 2.45) is 0 Å². The van der Waals surface area contributed by atoms with E-state index < -0.39 is 15.3 Å². The maximum absolute atomic E-state index is 12.6. The molecule has 0 amide bonds. The number of hydrogen-bond donors (Lipinski definition) is 1. The minimum absolute atomic E-state index is 0.0462. The number of sulfonamides is 1. The molecule has 0 unspecified atom stereocenters. The van der Waals surface area contributed by atoms with Gasteiger partial charge in [0.1, 0.15) is 5.25 Å². The van der Waals surface area contributed by atoms with Crippen LogP contribution < -0.4 is 5.32 Å². The van der Waals surface area contributed by atoms with Crippen molar-refractivity contribution in [1.29, 1.82) is 0 Å². The van der Waals surface area contributed by atoms with Crippen LogP contribution in [0.25, 0.3) is 0 Å². The summed E-state index contributed by atoms with van der Waals surface area (Å²) in [7, 11) is -1.69. The van der Waals surface area contributed by atoms with Crippen LogP contribution in [0.4, 0.5) is 0 Å². The summed E-state index contributed by atoms with van der Waals surface area (Å²) in [5.74, 6) is 0. The van der Waals surface area contributed by atoms with Gasteiger partial charge in [0.2, 0.25) is 10.0 Å². The fraction of sp³-hybridized carbons (Fsp3) is 0.615. The highest BCUT2D eigenvalue weighted by Gasteiger charge is 2.33. The average Bonchev–Trinajstić information content (AvgIpc) is 2.47. The van der Waals surface area contributed by atoms with Gasteiger partial charge >= 0.3 is 0 Å². The number of pyridine rings is 1. The van der Waals surface area contributed by atoms with Crippen LogP contribution in [0.1, 0.15) is 30.7 Å². The number of piperidine rings is 1. The summed E-state index contributed by atoms with van der Waals surface area (Å²) in [6.07, 6.45) is 3.56. The van der Waals surface area contributed by atoms with Crippen molar-refractivity contribution < 1.29 is 8.42 Å². The van der Waals surface area contributed by atoms with Crippen LogP contribution in [0.5, 0.6) is 0 Å². The molecular weight excluding hydrogens is 262 g/mol. The van der Waals surface area contributed by atoms with Crippen LogP contribution in [0.2, 0.25) is 0 Å². The van der Waals surface area contributed by atoms with E-state index in [4.69, 9.17) is 0 Å². The molecule has 2 atom stereocenters. The van der Waals surface area contributed by atoms with Crippen LogP contribution in [0.15, 0.2) is 24.4 Å². The third-order valence-electron chi connectivity index (χ3n) is 3.74. The van der Waals surface area contributed by atoms with E-state index in [1.165, 1.54) is 4.31 Å². The quantitative estimate of drug-likeness (QED) is 0.900. The van der Waals surface area contributed by atoms with Gasteiger partial charge in [0.05, 0.1) is 5.69 Å². The molecule has 1 aliphatic heterocycles. The zero-order valence-electron chi connectivity index (χ0n) is 11.4. The molecule has 1 aromatic rings. The maximum Gasteiger partial charge on any atom is 0.222 e. The summed E-state index contributed by atoms with van der Waals surface area (Å²) >= 11 is 0. The van der Waals surface area contributed by atoms with E-state index in [9.17, 15) is 8.42 Å². The topological polar surface area (TPSA) is 62.3 Å². The second-order valence-corrected chi connectivity index (χ2v) is 7.27. The molecule has 1 fully saturated rings. The minimum Gasteiger partial charge on any atom is -0.315 e.